The minimum atomic E-state index is -0.403. The van der Waals surface area contributed by atoms with Crippen molar-refractivity contribution in [1.29, 1.82) is 0 Å². The van der Waals surface area contributed by atoms with E-state index in [1.807, 2.05) is 29.6 Å². The minimum Gasteiger partial charge on any atom is -0.356 e. The maximum atomic E-state index is 10.8. The normalized spacial score (nSPS) is 10.8. The second kappa shape index (κ2) is 12.1. The monoisotopic (exact) mass is 523 g/mol. The fourth-order valence-corrected chi connectivity index (χ4v) is 3.15. The van der Waals surface area contributed by atoms with Crippen LogP contribution in [0.4, 0.5) is 5.69 Å². The summed E-state index contributed by atoms with van der Waals surface area (Å²) in [6.07, 6.45) is 2.58. The van der Waals surface area contributed by atoms with Crippen LogP contribution in [0.2, 0.25) is 0 Å². The fourth-order valence-electron chi connectivity index (χ4n) is 2.51. The van der Waals surface area contributed by atoms with E-state index in [0.717, 1.165) is 17.7 Å². The molecule has 0 amide bonds. The molecule has 9 heteroatoms. The molecule has 0 radical (unpaired) electrons. The minimum absolute atomic E-state index is 0. The zero-order valence-electron chi connectivity index (χ0n) is 15.7. The van der Waals surface area contributed by atoms with E-state index in [9.17, 15) is 10.1 Å². The first-order valence-electron chi connectivity index (χ1n) is 8.88. The van der Waals surface area contributed by atoms with Crippen LogP contribution in [-0.4, -0.2) is 22.4 Å². The Hall–Kier alpha value is -2.53. The van der Waals surface area contributed by atoms with E-state index >= 15 is 0 Å². The van der Waals surface area contributed by atoms with Gasteiger partial charge in [-0.2, -0.15) is 0 Å². The van der Waals surface area contributed by atoms with Crippen LogP contribution < -0.4 is 10.6 Å². The zero-order valence-corrected chi connectivity index (χ0v) is 18.8. The molecule has 3 rings (SSSR count). The molecule has 0 aliphatic rings. The predicted octanol–water partition coefficient (Wildman–Crippen LogP) is 4.15. The van der Waals surface area contributed by atoms with E-state index in [1.165, 1.54) is 17.0 Å². The molecule has 0 bridgehead atoms. The summed E-state index contributed by atoms with van der Waals surface area (Å²) < 4.78 is 0. The molecule has 0 unspecified atom stereocenters. The van der Waals surface area contributed by atoms with Gasteiger partial charge in [0.1, 0.15) is 0 Å². The first-order valence-corrected chi connectivity index (χ1v) is 9.76. The number of benzene rings is 1. The van der Waals surface area contributed by atoms with Gasteiger partial charge in [-0.25, -0.2) is 4.99 Å². The highest BCUT2D eigenvalue weighted by Crippen LogP contribution is 2.12. The molecule has 0 saturated heterocycles. The molecule has 0 aliphatic carbocycles. The van der Waals surface area contributed by atoms with Gasteiger partial charge < -0.3 is 10.6 Å². The van der Waals surface area contributed by atoms with Gasteiger partial charge in [0.25, 0.3) is 5.69 Å². The number of pyridine rings is 1. The third-order valence-corrected chi connectivity index (χ3v) is 4.85. The van der Waals surface area contributed by atoms with Crippen molar-refractivity contribution in [2.75, 3.05) is 6.54 Å². The van der Waals surface area contributed by atoms with Gasteiger partial charge in [0.15, 0.2) is 5.96 Å². The molecule has 0 atom stereocenters. The Bertz CT molecular complexity index is 902. The summed E-state index contributed by atoms with van der Waals surface area (Å²) in [7, 11) is 0. The Balaban J connectivity index is 0.00000300. The number of thiophene rings is 1. The summed E-state index contributed by atoms with van der Waals surface area (Å²) in [5.41, 5.74) is 2.01. The van der Waals surface area contributed by atoms with Crippen LogP contribution in [0.5, 0.6) is 0 Å². The number of aliphatic imine (C=N–C) groups is 1. The maximum absolute atomic E-state index is 10.8. The number of hydrogen-bond acceptors (Lipinski definition) is 5. The van der Waals surface area contributed by atoms with Gasteiger partial charge in [-0.1, -0.05) is 24.3 Å². The van der Waals surface area contributed by atoms with Gasteiger partial charge in [-0.15, -0.1) is 35.3 Å². The van der Waals surface area contributed by atoms with Crippen molar-refractivity contribution in [3.05, 3.63) is 92.4 Å². The number of halogens is 1. The Labute approximate surface area is 190 Å². The van der Waals surface area contributed by atoms with Crippen LogP contribution in [0.1, 0.15) is 16.1 Å². The number of hydrogen-bond donors (Lipinski definition) is 2. The summed E-state index contributed by atoms with van der Waals surface area (Å²) in [4.78, 5) is 20.5. The van der Waals surface area contributed by atoms with Gasteiger partial charge in [-0.05, 0) is 29.1 Å². The van der Waals surface area contributed by atoms with Gasteiger partial charge in [0, 0.05) is 41.9 Å². The Morgan fingerprint density at radius 1 is 1.10 bits per heavy atom. The summed E-state index contributed by atoms with van der Waals surface area (Å²) >= 11 is 1.69. The van der Waals surface area contributed by atoms with Crippen LogP contribution >= 0.6 is 35.3 Å². The predicted molar refractivity (Wildman–Crippen MR) is 127 cm³/mol. The summed E-state index contributed by atoms with van der Waals surface area (Å²) in [5.74, 6) is 0.697. The van der Waals surface area contributed by atoms with Crippen LogP contribution in [0, 0.1) is 10.1 Å². The Morgan fingerprint density at radius 2 is 1.93 bits per heavy atom. The third kappa shape index (κ3) is 7.78. The second-order valence-corrected chi connectivity index (χ2v) is 7.05. The van der Waals surface area contributed by atoms with Crippen LogP contribution in [0.25, 0.3) is 0 Å². The summed E-state index contributed by atoms with van der Waals surface area (Å²) in [6.45, 7) is 1.82. The van der Waals surface area contributed by atoms with E-state index in [4.69, 9.17) is 0 Å². The number of nitro groups is 1. The van der Waals surface area contributed by atoms with E-state index in [1.54, 1.807) is 29.7 Å². The highest BCUT2D eigenvalue weighted by molar-refractivity contribution is 14.0. The first-order chi connectivity index (χ1) is 13.7. The third-order valence-electron chi connectivity index (χ3n) is 3.98. The van der Waals surface area contributed by atoms with Crippen molar-refractivity contribution in [3.63, 3.8) is 0 Å². The molecule has 2 aromatic heterocycles. The summed E-state index contributed by atoms with van der Waals surface area (Å²) in [5, 5.41) is 19.5. The number of guanidine groups is 1. The molecule has 2 heterocycles. The van der Waals surface area contributed by atoms with Crippen LogP contribution in [-0.2, 0) is 19.5 Å². The van der Waals surface area contributed by atoms with Gasteiger partial charge in [0.2, 0.25) is 0 Å². The molecular weight excluding hydrogens is 501 g/mol. The molecule has 2 N–H and O–H groups in total. The highest BCUT2D eigenvalue weighted by Gasteiger charge is 2.05. The molecule has 29 heavy (non-hydrogen) atoms. The molecule has 1 aromatic carbocycles. The number of aromatic nitrogens is 1. The van der Waals surface area contributed by atoms with E-state index < -0.39 is 4.92 Å². The van der Waals surface area contributed by atoms with Crippen molar-refractivity contribution in [1.82, 2.24) is 15.6 Å². The lowest BCUT2D eigenvalue weighted by Gasteiger charge is -2.12. The van der Waals surface area contributed by atoms with Crippen LogP contribution in [0.15, 0.2) is 71.2 Å². The lowest BCUT2D eigenvalue weighted by molar-refractivity contribution is -0.384. The number of nitro benzene ring substituents is 1. The first kappa shape index (κ1) is 22.8. The fraction of sp³-hybridized carbons (Fsp3) is 0.200. The number of nitrogens with one attached hydrogen (secondary N) is 2. The molecule has 152 valence electrons. The Morgan fingerprint density at radius 3 is 2.59 bits per heavy atom. The van der Waals surface area contributed by atoms with Crippen molar-refractivity contribution >= 4 is 47.0 Å². The SMILES string of the molecule is I.O=[N+]([O-])c1ccc(CN=C(NCCc2ccccn2)NCc2cccs2)cc1. The topological polar surface area (TPSA) is 92.5 Å². The number of non-ortho nitro benzene ring substituents is 1. The lowest BCUT2D eigenvalue weighted by atomic mass is 10.2. The lowest BCUT2D eigenvalue weighted by Crippen LogP contribution is -2.38. The standard InChI is InChI=1S/C20H21N5O2S.HI/c26-25(27)18-8-6-16(7-9-18)14-23-20(24-15-19-5-3-13-28-19)22-12-10-17-4-1-2-11-21-17;/h1-9,11,13H,10,12,14-15H2,(H2,22,23,24);1H. The molecule has 0 fully saturated rings. The van der Waals surface area contributed by atoms with Crippen molar-refractivity contribution < 1.29 is 4.92 Å². The smallest absolute Gasteiger partial charge is 0.269 e. The van der Waals surface area contributed by atoms with Gasteiger partial charge >= 0.3 is 0 Å². The zero-order chi connectivity index (χ0) is 19.6. The van der Waals surface area contributed by atoms with Crippen molar-refractivity contribution in [3.8, 4) is 0 Å². The van der Waals surface area contributed by atoms with Crippen molar-refractivity contribution in [2.45, 2.75) is 19.5 Å². The van der Waals surface area contributed by atoms with E-state index in [2.05, 4.69) is 26.7 Å². The second-order valence-electron chi connectivity index (χ2n) is 6.02. The molecule has 0 spiro atoms. The highest BCUT2D eigenvalue weighted by atomic mass is 127. The molecule has 3 aromatic rings. The number of nitrogens with zero attached hydrogens (tertiary/aromatic N) is 3. The molecular formula is C20H22IN5O2S. The maximum Gasteiger partial charge on any atom is 0.269 e. The summed E-state index contributed by atoms with van der Waals surface area (Å²) in [6, 6.07) is 16.4. The molecule has 0 aliphatic heterocycles. The van der Waals surface area contributed by atoms with E-state index in [-0.39, 0.29) is 29.7 Å². The number of rotatable bonds is 8. The Kier molecular flexibility index (Phi) is 9.51. The average molecular weight is 523 g/mol. The molecule has 0 saturated carbocycles. The quantitative estimate of drug-likeness (QED) is 0.152. The van der Waals surface area contributed by atoms with Crippen LogP contribution in [0.3, 0.4) is 0 Å². The van der Waals surface area contributed by atoms with E-state index in [0.29, 0.717) is 25.6 Å². The largest absolute Gasteiger partial charge is 0.356 e. The molecule has 7 nitrogen and oxygen atoms in total. The van der Waals surface area contributed by atoms with Crippen molar-refractivity contribution in [2.24, 2.45) is 4.99 Å². The average Bonchev–Trinajstić information content (AvgIpc) is 3.24. The van der Waals surface area contributed by atoms with Gasteiger partial charge in [-0.3, -0.25) is 15.1 Å². The van der Waals surface area contributed by atoms with Gasteiger partial charge in [0.05, 0.1) is 18.0 Å².